The first kappa shape index (κ1) is 25.9. The average Bonchev–Trinajstić information content (AvgIpc) is 3.70. The molecule has 2 aromatic heterocycles. The standard InChI is InChI=1S/C27H25FIN5O4/c1-14-23-22(24(32(2)25(14)36)31-20-10-7-16(29)13-19(20)28)26(37)34(17-8-9-17)27(38)33(23)18-5-3-4-15(12-18)6-11-21(30)35/h3-5,7,10,12-13,17,31H,6,8-9,11H2,1-2H3,(H2,30,35). The number of nitrogens with two attached hydrogens (primary N) is 1. The summed E-state index contributed by atoms with van der Waals surface area (Å²) in [5.74, 6) is -0.900. The third-order valence-corrected chi connectivity index (χ3v) is 7.44. The number of anilines is 2. The maximum absolute atomic E-state index is 14.8. The van der Waals surface area contributed by atoms with E-state index in [-0.39, 0.29) is 40.4 Å². The number of hydrogen-bond acceptors (Lipinski definition) is 5. The molecule has 38 heavy (non-hydrogen) atoms. The number of halogens is 2. The van der Waals surface area contributed by atoms with Gasteiger partial charge in [-0.1, -0.05) is 12.1 Å². The first-order valence-electron chi connectivity index (χ1n) is 12.1. The Bertz CT molecular complexity index is 1800. The third-order valence-electron chi connectivity index (χ3n) is 6.77. The molecule has 4 aromatic rings. The summed E-state index contributed by atoms with van der Waals surface area (Å²) in [5, 5.41) is 3.06. The van der Waals surface area contributed by atoms with E-state index < -0.39 is 28.5 Å². The number of primary amides is 1. The van der Waals surface area contributed by atoms with Gasteiger partial charge >= 0.3 is 5.69 Å². The number of fused-ring (bicyclic) bond motifs is 1. The van der Waals surface area contributed by atoms with Crippen molar-refractivity contribution in [1.29, 1.82) is 0 Å². The van der Waals surface area contributed by atoms with E-state index in [1.807, 2.05) is 28.7 Å². The van der Waals surface area contributed by atoms with Crippen LogP contribution in [0.25, 0.3) is 16.6 Å². The van der Waals surface area contributed by atoms with Gasteiger partial charge in [0.05, 0.1) is 16.9 Å². The van der Waals surface area contributed by atoms with Crippen LogP contribution in [0, 0.1) is 16.3 Å². The Morgan fingerprint density at radius 2 is 1.87 bits per heavy atom. The van der Waals surface area contributed by atoms with Crippen LogP contribution in [0.4, 0.5) is 15.9 Å². The molecule has 196 valence electrons. The van der Waals surface area contributed by atoms with E-state index in [1.165, 1.54) is 32.9 Å². The van der Waals surface area contributed by atoms with Crippen LogP contribution in [0.2, 0.25) is 0 Å². The predicted octanol–water partition coefficient (Wildman–Crippen LogP) is 3.40. The van der Waals surface area contributed by atoms with Crippen molar-refractivity contribution in [3.05, 3.63) is 94.2 Å². The molecule has 0 radical (unpaired) electrons. The maximum Gasteiger partial charge on any atom is 0.336 e. The lowest BCUT2D eigenvalue weighted by atomic mass is 10.1. The molecule has 1 amide bonds. The highest BCUT2D eigenvalue weighted by atomic mass is 127. The number of amides is 1. The molecule has 1 fully saturated rings. The highest BCUT2D eigenvalue weighted by Gasteiger charge is 2.31. The van der Waals surface area contributed by atoms with E-state index in [0.29, 0.717) is 28.5 Å². The Morgan fingerprint density at radius 3 is 2.53 bits per heavy atom. The number of hydrogen-bond donors (Lipinski definition) is 2. The lowest BCUT2D eigenvalue weighted by molar-refractivity contribution is -0.117. The van der Waals surface area contributed by atoms with Crippen molar-refractivity contribution >= 4 is 50.9 Å². The Kier molecular flexibility index (Phi) is 6.72. The summed E-state index contributed by atoms with van der Waals surface area (Å²) in [6, 6.07) is 11.3. The highest BCUT2D eigenvalue weighted by Crippen LogP contribution is 2.34. The largest absolute Gasteiger partial charge is 0.370 e. The first-order valence-corrected chi connectivity index (χ1v) is 13.2. The minimum atomic E-state index is -0.556. The van der Waals surface area contributed by atoms with E-state index in [4.69, 9.17) is 5.73 Å². The number of aryl methyl sites for hydroxylation is 2. The predicted molar refractivity (Wildman–Crippen MR) is 152 cm³/mol. The number of pyridine rings is 1. The Hall–Kier alpha value is -3.74. The van der Waals surface area contributed by atoms with Gasteiger partial charge in [-0.3, -0.25) is 28.1 Å². The SMILES string of the molecule is Cc1c(=O)n(C)c(Nc2ccc(I)cc2F)c2c(=O)n(C3CC3)c(=O)n(-c3cccc(CCC(N)=O)c3)c12. The molecule has 0 spiro atoms. The number of rotatable bonds is 7. The fourth-order valence-corrected chi connectivity index (χ4v) is 5.15. The number of nitrogens with one attached hydrogen (secondary N) is 1. The van der Waals surface area contributed by atoms with E-state index in [9.17, 15) is 23.6 Å². The first-order chi connectivity index (χ1) is 18.1. The van der Waals surface area contributed by atoms with Gasteiger partial charge in [0.1, 0.15) is 17.0 Å². The summed E-state index contributed by atoms with van der Waals surface area (Å²) in [6.45, 7) is 1.56. The van der Waals surface area contributed by atoms with Crippen LogP contribution < -0.4 is 27.9 Å². The molecular weight excluding hydrogens is 604 g/mol. The van der Waals surface area contributed by atoms with Gasteiger partial charge < -0.3 is 11.1 Å². The zero-order valence-corrected chi connectivity index (χ0v) is 22.9. The molecule has 1 aliphatic rings. The summed E-state index contributed by atoms with van der Waals surface area (Å²) < 4.78 is 19.4. The third kappa shape index (κ3) is 4.55. The molecule has 11 heteroatoms. The van der Waals surface area contributed by atoms with Crippen molar-refractivity contribution in [3.8, 4) is 5.69 Å². The summed E-state index contributed by atoms with van der Waals surface area (Å²) in [7, 11) is 1.50. The Morgan fingerprint density at radius 1 is 1.13 bits per heavy atom. The molecule has 0 bridgehead atoms. The molecule has 3 N–H and O–H groups in total. The minimum Gasteiger partial charge on any atom is -0.370 e. The molecule has 0 atom stereocenters. The van der Waals surface area contributed by atoms with Crippen LogP contribution in [0.1, 0.15) is 36.4 Å². The van der Waals surface area contributed by atoms with Crippen LogP contribution in [-0.4, -0.2) is 19.6 Å². The number of benzene rings is 2. The monoisotopic (exact) mass is 629 g/mol. The van der Waals surface area contributed by atoms with Crippen molar-refractivity contribution in [2.24, 2.45) is 12.8 Å². The van der Waals surface area contributed by atoms with Gasteiger partial charge in [-0.15, -0.1) is 0 Å². The highest BCUT2D eigenvalue weighted by molar-refractivity contribution is 14.1. The zero-order valence-electron chi connectivity index (χ0n) is 20.8. The molecule has 9 nitrogen and oxygen atoms in total. The second kappa shape index (κ2) is 9.86. The molecule has 2 aromatic carbocycles. The van der Waals surface area contributed by atoms with Gasteiger partial charge in [0.15, 0.2) is 0 Å². The van der Waals surface area contributed by atoms with E-state index in [2.05, 4.69) is 5.32 Å². The molecule has 0 unspecified atom stereocenters. The topological polar surface area (TPSA) is 121 Å². The zero-order chi connectivity index (χ0) is 27.3. The summed E-state index contributed by atoms with van der Waals surface area (Å²) in [4.78, 5) is 52.4. The van der Waals surface area contributed by atoms with E-state index in [1.54, 1.807) is 31.2 Å². The van der Waals surface area contributed by atoms with Crippen LogP contribution in [0.3, 0.4) is 0 Å². The van der Waals surface area contributed by atoms with Crippen LogP contribution in [-0.2, 0) is 18.3 Å². The quantitative estimate of drug-likeness (QED) is 0.304. The molecule has 1 saturated carbocycles. The van der Waals surface area contributed by atoms with E-state index in [0.717, 1.165) is 5.56 Å². The minimum absolute atomic E-state index is 0.0914. The Labute approximate surface area is 229 Å². The molecule has 0 saturated heterocycles. The molecule has 1 aliphatic carbocycles. The maximum atomic E-state index is 14.8. The number of aromatic nitrogens is 3. The summed E-state index contributed by atoms with van der Waals surface area (Å²) in [5.41, 5.74) is 5.44. The average molecular weight is 629 g/mol. The van der Waals surface area contributed by atoms with Gasteiger partial charge in [-0.05, 0) is 84.7 Å². The summed E-state index contributed by atoms with van der Waals surface area (Å²) in [6.07, 6.45) is 1.87. The van der Waals surface area contributed by atoms with Gasteiger partial charge in [0, 0.05) is 28.6 Å². The second-order valence-corrected chi connectivity index (χ2v) is 10.7. The van der Waals surface area contributed by atoms with Crippen LogP contribution in [0.5, 0.6) is 0 Å². The molecule has 2 heterocycles. The Balaban J connectivity index is 1.86. The van der Waals surface area contributed by atoms with Gasteiger partial charge in [-0.25, -0.2) is 9.18 Å². The van der Waals surface area contributed by atoms with Crippen molar-refractivity contribution < 1.29 is 9.18 Å². The van der Waals surface area contributed by atoms with Crippen molar-refractivity contribution in [1.82, 2.24) is 13.7 Å². The van der Waals surface area contributed by atoms with Gasteiger partial charge in [0.25, 0.3) is 11.1 Å². The van der Waals surface area contributed by atoms with Crippen molar-refractivity contribution in [2.45, 2.75) is 38.6 Å². The second-order valence-electron chi connectivity index (χ2n) is 9.47. The van der Waals surface area contributed by atoms with E-state index >= 15 is 0 Å². The van der Waals surface area contributed by atoms with Crippen molar-refractivity contribution in [2.75, 3.05) is 5.32 Å². The smallest absolute Gasteiger partial charge is 0.336 e. The lowest BCUT2D eigenvalue weighted by Gasteiger charge is -2.21. The van der Waals surface area contributed by atoms with Crippen LogP contribution >= 0.6 is 22.6 Å². The summed E-state index contributed by atoms with van der Waals surface area (Å²) >= 11 is 1.99. The van der Waals surface area contributed by atoms with Gasteiger partial charge in [0.2, 0.25) is 5.91 Å². The number of nitrogens with zero attached hydrogens (tertiary/aromatic N) is 3. The number of carbonyl (C=O) groups excluding carboxylic acids is 1. The van der Waals surface area contributed by atoms with Gasteiger partial charge in [-0.2, -0.15) is 0 Å². The lowest BCUT2D eigenvalue weighted by Crippen LogP contribution is -2.41. The fourth-order valence-electron chi connectivity index (χ4n) is 4.69. The van der Waals surface area contributed by atoms with Crippen LogP contribution in [0.15, 0.2) is 56.8 Å². The van der Waals surface area contributed by atoms with Crippen molar-refractivity contribution in [3.63, 3.8) is 0 Å². The fraction of sp³-hybridized carbons (Fsp3) is 0.259. The number of carbonyl (C=O) groups is 1. The molecular formula is C27H25FIN5O4. The molecule has 0 aliphatic heterocycles. The molecule has 5 rings (SSSR count). The normalized spacial score (nSPS) is 13.2.